The fourth-order valence-corrected chi connectivity index (χ4v) is 9.00. The van der Waals surface area contributed by atoms with E-state index in [2.05, 4.69) is 152 Å². The third kappa shape index (κ3) is 9.52. The van der Waals surface area contributed by atoms with Crippen molar-refractivity contribution in [1.29, 1.82) is 0 Å². The molecule has 0 aliphatic heterocycles. The first kappa shape index (κ1) is 44.1. The molecule has 0 N–H and O–H groups in total. The van der Waals surface area contributed by atoms with Crippen LogP contribution >= 0.6 is 0 Å². The zero-order chi connectivity index (χ0) is 36.3. The van der Waals surface area contributed by atoms with Crippen molar-refractivity contribution in [2.24, 2.45) is 22.2 Å². The quantitative estimate of drug-likeness (QED) is 0.224. The van der Waals surface area contributed by atoms with Crippen molar-refractivity contribution >= 4 is 14.4 Å². The Bertz CT molecular complexity index is 1650. The van der Waals surface area contributed by atoms with E-state index < -0.39 is 0 Å². The van der Waals surface area contributed by atoms with Crippen LogP contribution in [-0.2, 0) is 41.5 Å². The Hall–Kier alpha value is -1.27. The summed E-state index contributed by atoms with van der Waals surface area (Å²) in [5.41, 5.74) is 16.6. The number of fused-ring (bicyclic) bond motifs is 5. The van der Waals surface area contributed by atoms with Crippen molar-refractivity contribution in [3.8, 4) is 11.1 Å². The van der Waals surface area contributed by atoms with E-state index in [-0.39, 0.29) is 46.5 Å². The van der Waals surface area contributed by atoms with E-state index in [1.165, 1.54) is 99.8 Å². The number of halogens is 2. The Morgan fingerprint density at radius 3 is 1.69 bits per heavy atom. The van der Waals surface area contributed by atoms with Crippen LogP contribution in [0.15, 0.2) is 48.1 Å². The van der Waals surface area contributed by atoms with Crippen molar-refractivity contribution in [3.63, 3.8) is 0 Å². The monoisotopic (exact) mass is 800 g/mol. The molecule has 0 radical (unpaired) electrons. The van der Waals surface area contributed by atoms with Crippen LogP contribution < -0.4 is 24.8 Å². The maximum atomic E-state index is 3.85. The topological polar surface area (TPSA) is 0 Å². The predicted octanol–water partition coefficient (Wildman–Crippen LogP) is 7.54. The molecule has 0 aromatic heterocycles. The number of allylic oxidation sites excluding steroid dienone is 8. The summed E-state index contributed by atoms with van der Waals surface area (Å²) in [6.45, 7) is 32.3. The molecule has 0 amide bonds. The van der Waals surface area contributed by atoms with Crippen LogP contribution in [0.1, 0.15) is 169 Å². The Labute approximate surface area is 340 Å². The first-order chi connectivity index (χ1) is 22.5. The van der Waals surface area contributed by atoms with Gasteiger partial charge in [0, 0.05) is 5.41 Å². The van der Waals surface area contributed by atoms with Crippen LogP contribution in [0.25, 0.3) is 22.3 Å². The Balaban J connectivity index is 0.000000289. The summed E-state index contributed by atoms with van der Waals surface area (Å²) in [7, 11) is 0. The van der Waals surface area contributed by atoms with Gasteiger partial charge in [-0.15, -0.1) is 11.6 Å². The molecule has 1 atom stereocenters. The van der Waals surface area contributed by atoms with Gasteiger partial charge in [-0.1, -0.05) is 138 Å². The standard InChI is InChI=1S/C31H37.C11H17.C6H10.2ClH.Zr/c1-28(2,3)26-16-30(7,8)24-12-18-11-19-13-25-23(15-21(19)20(18)14-22(24)26)27(29(4,5)6)17-31(25,9)10;1-5-9-6-7-10(8-9)11(2,3)4;1-2-4-6-5-3-1;;;/h12-16H,11H2,1-10H3;7-9H,5H2,1-4H3;1-5H2;2*1H;/q2*-1;;;;+2/p-2. The summed E-state index contributed by atoms with van der Waals surface area (Å²) in [4.78, 5) is 0. The summed E-state index contributed by atoms with van der Waals surface area (Å²) in [5.74, 6) is 0.573. The zero-order valence-electron chi connectivity index (χ0n) is 34.3. The molecule has 1 saturated carbocycles. The molecule has 0 spiro atoms. The predicted molar refractivity (Wildman–Crippen MR) is 211 cm³/mol. The first-order valence-corrected chi connectivity index (χ1v) is 20.4. The van der Waals surface area contributed by atoms with Gasteiger partial charge in [-0.2, -0.15) is 17.2 Å². The van der Waals surface area contributed by atoms with Crippen molar-refractivity contribution in [3.05, 3.63) is 93.6 Å². The number of benzene rings is 2. The molecule has 276 valence electrons. The molecule has 0 heterocycles. The molecule has 3 heteroatoms. The van der Waals surface area contributed by atoms with Crippen LogP contribution in [-0.4, -0.2) is 3.21 Å². The Morgan fingerprint density at radius 2 is 1.25 bits per heavy atom. The summed E-state index contributed by atoms with van der Waals surface area (Å²) >= 11 is 1.69. The summed E-state index contributed by atoms with van der Waals surface area (Å²) in [5, 5.41) is 0. The van der Waals surface area contributed by atoms with E-state index in [9.17, 15) is 0 Å². The van der Waals surface area contributed by atoms with E-state index in [4.69, 9.17) is 0 Å². The van der Waals surface area contributed by atoms with Crippen molar-refractivity contribution in [2.45, 2.75) is 153 Å². The molecular weight excluding hydrogens is 739 g/mol. The van der Waals surface area contributed by atoms with Gasteiger partial charge >= 0.3 is 59.5 Å². The number of hydrogen-bond acceptors (Lipinski definition) is 0. The van der Waals surface area contributed by atoms with E-state index >= 15 is 0 Å². The van der Waals surface area contributed by atoms with Gasteiger partial charge in [-0.3, -0.25) is 12.2 Å². The Morgan fingerprint density at radius 1 is 0.706 bits per heavy atom. The molecule has 2 aromatic carbocycles. The third-order valence-corrected chi connectivity index (χ3v) is 12.4. The molecule has 5 aliphatic carbocycles. The normalized spacial score (nSPS) is 20.5. The number of hydrogen-bond donors (Lipinski definition) is 0. The molecule has 0 bridgehead atoms. The molecule has 2 aromatic rings. The van der Waals surface area contributed by atoms with Crippen LogP contribution in [0, 0.1) is 34.3 Å². The van der Waals surface area contributed by atoms with Gasteiger partial charge < -0.3 is 24.8 Å². The summed E-state index contributed by atoms with van der Waals surface area (Å²) in [6, 6.07) is 10.0. The molecule has 0 saturated heterocycles. The molecule has 0 nitrogen and oxygen atoms in total. The van der Waals surface area contributed by atoms with Crippen molar-refractivity contribution in [2.75, 3.05) is 0 Å². The third-order valence-electron chi connectivity index (χ3n) is 11.2. The molecule has 51 heavy (non-hydrogen) atoms. The molecule has 7 rings (SSSR count). The second kappa shape index (κ2) is 15.8. The number of rotatable bonds is 1. The van der Waals surface area contributed by atoms with Crippen molar-refractivity contribution in [1.82, 2.24) is 0 Å². The van der Waals surface area contributed by atoms with E-state index in [1.54, 1.807) is 27.4 Å². The van der Waals surface area contributed by atoms with Crippen molar-refractivity contribution < 1.29 is 49.0 Å². The second-order valence-electron chi connectivity index (χ2n) is 19.6. The van der Waals surface area contributed by atoms with E-state index in [1.807, 2.05) is 0 Å². The van der Waals surface area contributed by atoms with Gasteiger partial charge in [0.05, 0.1) is 0 Å². The van der Waals surface area contributed by atoms with E-state index in [0.29, 0.717) is 11.3 Å². The van der Waals surface area contributed by atoms with Crippen LogP contribution in [0.4, 0.5) is 0 Å². The fourth-order valence-electron chi connectivity index (χ4n) is 8.13. The minimum atomic E-state index is -0.0202. The average Bonchev–Trinajstić information content (AvgIpc) is 3.73. The Kier molecular flexibility index (Phi) is 13.7. The minimum absolute atomic E-state index is 0. The van der Waals surface area contributed by atoms with Crippen LogP contribution in [0.2, 0.25) is 0 Å². The van der Waals surface area contributed by atoms with Gasteiger partial charge in [0.15, 0.2) is 0 Å². The summed E-state index contributed by atoms with van der Waals surface area (Å²) < 4.78 is 1.80. The zero-order valence-corrected chi connectivity index (χ0v) is 38.3. The first-order valence-electron chi connectivity index (χ1n) is 19.2. The molecule has 5 aliphatic rings. The van der Waals surface area contributed by atoms with Crippen LogP contribution in [0.3, 0.4) is 0 Å². The van der Waals surface area contributed by atoms with Gasteiger partial charge in [-0.05, 0) is 62.3 Å². The molecule has 1 fully saturated rings. The fraction of sp³-hybridized carbons (Fsp3) is 0.562. The van der Waals surface area contributed by atoms with Gasteiger partial charge in [-0.25, -0.2) is 11.6 Å². The molecular formula is C48H64Cl2Zr-2. The van der Waals surface area contributed by atoms with E-state index in [0.717, 1.165) is 6.42 Å². The second-order valence-corrected chi connectivity index (χ2v) is 21.3. The molecule has 1 unspecified atom stereocenters. The van der Waals surface area contributed by atoms with Crippen LogP contribution in [0.5, 0.6) is 0 Å². The summed E-state index contributed by atoms with van der Waals surface area (Å²) in [6.07, 6.45) is 23.7. The SMILES string of the molecule is CC(C)(C)C1=[C-]C(C)(C)c2cc3c(cc21)-c1cc2c(cc1C3)C(C)(C)C=C2C(C)(C)C.CCC1[C-]=CC(C(C)(C)C)=C1.[Cl-].[Cl-].[Zr+2]=[C]1CCCCC1. The average molecular weight is 803 g/mol. The van der Waals surface area contributed by atoms with Gasteiger partial charge in [0.1, 0.15) is 0 Å². The maximum absolute atomic E-state index is 3.85. The van der Waals surface area contributed by atoms with Gasteiger partial charge in [0.25, 0.3) is 0 Å². The van der Waals surface area contributed by atoms with Gasteiger partial charge in [0.2, 0.25) is 0 Å².